The third kappa shape index (κ3) is 2.07. The maximum Gasteiger partial charge on any atom is 0.152 e. The maximum atomic E-state index is 10.9. The van der Waals surface area contributed by atoms with Crippen molar-refractivity contribution in [3.63, 3.8) is 0 Å². The van der Waals surface area contributed by atoms with Crippen molar-refractivity contribution in [2.45, 2.75) is 13.8 Å². The van der Waals surface area contributed by atoms with E-state index >= 15 is 0 Å². The molecule has 0 aromatic heterocycles. The number of hydrogen-bond acceptors (Lipinski definition) is 2. The second-order valence-electron chi connectivity index (χ2n) is 4.84. The van der Waals surface area contributed by atoms with Gasteiger partial charge in [0.25, 0.3) is 0 Å². The Bertz CT molecular complexity index is 393. The van der Waals surface area contributed by atoms with Crippen LogP contribution < -0.4 is 4.90 Å². The summed E-state index contributed by atoms with van der Waals surface area (Å²) < 4.78 is 1.02. The normalized spacial score (nSPS) is 18.5. The van der Waals surface area contributed by atoms with Crippen molar-refractivity contribution in [3.05, 3.63) is 28.2 Å². The van der Waals surface area contributed by atoms with E-state index in [1.807, 2.05) is 18.2 Å². The van der Waals surface area contributed by atoms with E-state index in [1.54, 1.807) is 0 Å². The Labute approximate surface area is 98.4 Å². The molecule has 80 valence electrons. The highest BCUT2D eigenvalue weighted by Gasteiger charge is 2.35. The van der Waals surface area contributed by atoms with Crippen LogP contribution in [0.1, 0.15) is 24.2 Å². The van der Waals surface area contributed by atoms with Gasteiger partial charge in [0, 0.05) is 28.8 Å². The molecule has 1 fully saturated rings. The molecule has 2 rings (SSSR count). The van der Waals surface area contributed by atoms with Crippen molar-refractivity contribution in [3.8, 4) is 0 Å². The molecule has 0 amide bonds. The van der Waals surface area contributed by atoms with E-state index in [0.717, 1.165) is 35.1 Å². The van der Waals surface area contributed by atoms with Crippen LogP contribution in [0.4, 0.5) is 5.69 Å². The zero-order valence-corrected chi connectivity index (χ0v) is 10.5. The van der Waals surface area contributed by atoms with Gasteiger partial charge in [-0.3, -0.25) is 4.79 Å². The quantitative estimate of drug-likeness (QED) is 0.768. The molecule has 0 radical (unpaired) electrons. The highest BCUT2D eigenvalue weighted by molar-refractivity contribution is 9.10. The van der Waals surface area contributed by atoms with Crippen LogP contribution in [0.3, 0.4) is 0 Å². The highest BCUT2D eigenvalue weighted by atomic mass is 79.9. The molecule has 0 spiro atoms. The maximum absolute atomic E-state index is 10.9. The van der Waals surface area contributed by atoms with Crippen LogP contribution in [0.5, 0.6) is 0 Å². The summed E-state index contributed by atoms with van der Waals surface area (Å²) in [6, 6.07) is 5.77. The lowest BCUT2D eigenvalue weighted by atomic mass is 9.83. The second kappa shape index (κ2) is 3.63. The van der Waals surface area contributed by atoms with Gasteiger partial charge in [0.05, 0.1) is 0 Å². The summed E-state index contributed by atoms with van der Waals surface area (Å²) in [6.07, 6.45) is 0.924. The Hall–Kier alpha value is -0.830. The highest BCUT2D eigenvalue weighted by Crippen LogP contribution is 2.35. The summed E-state index contributed by atoms with van der Waals surface area (Å²) in [5.41, 5.74) is 2.19. The van der Waals surface area contributed by atoms with Crippen LogP contribution >= 0.6 is 15.9 Å². The SMILES string of the molecule is CC1(C)CN(c2cc(Br)ccc2C=O)C1. The summed E-state index contributed by atoms with van der Waals surface area (Å²) >= 11 is 3.43. The van der Waals surface area contributed by atoms with Crippen molar-refractivity contribution in [1.29, 1.82) is 0 Å². The van der Waals surface area contributed by atoms with Gasteiger partial charge in [-0.1, -0.05) is 29.8 Å². The van der Waals surface area contributed by atoms with Gasteiger partial charge >= 0.3 is 0 Å². The molecular formula is C12H14BrNO. The first-order chi connectivity index (χ1) is 7.02. The zero-order valence-electron chi connectivity index (χ0n) is 8.96. The molecule has 0 aliphatic carbocycles. The second-order valence-corrected chi connectivity index (χ2v) is 5.76. The van der Waals surface area contributed by atoms with E-state index in [4.69, 9.17) is 0 Å². The molecule has 3 heteroatoms. The standard InChI is InChI=1S/C12H14BrNO/c1-12(2)7-14(8-12)11-5-10(13)4-3-9(11)6-15/h3-6H,7-8H2,1-2H3. The summed E-state index contributed by atoms with van der Waals surface area (Å²) in [5, 5.41) is 0. The lowest BCUT2D eigenvalue weighted by molar-refractivity contribution is 0.112. The molecule has 1 aliphatic heterocycles. The van der Waals surface area contributed by atoms with Gasteiger partial charge < -0.3 is 4.90 Å². The first-order valence-electron chi connectivity index (χ1n) is 5.01. The van der Waals surface area contributed by atoms with E-state index in [2.05, 4.69) is 34.7 Å². The third-order valence-corrected chi connectivity index (χ3v) is 3.19. The molecule has 1 heterocycles. The molecule has 1 aromatic rings. The van der Waals surface area contributed by atoms with E-state index in [9.17, 15) is 4.79 Å². The molecule has 0 unspecified atom stereocenters. The third-order valence-electron chi connectivity index (χ3n) is 2.70. The van der Waals surface area contributed by atoms with E-state index < -0.39 is 0 Å². The van der Waals surface area contributed by atoms with Gasteiger partial charge in [-0.05, 0) is 23.6 Å². The van der Waals surface area contributed by atoms with E-state index in [1.165, 1.54) is 0 Å². The first-order valence-corrected chi connectivity index (χ1v) is 5.81. The van der Waals surface area contributed by atoms with Crippen LogP contribution in [0.25, 0.3) is 0 Å². The number of rotatable bonds is 2. The number of carbonyl (C=O) groups is 1. The van der Waals surface area contributed by atoms with Crippen molar-refractivity contribution in [2.75, 3.05) is 18.0 Å². The lowest BCUT2D eigenvalue weighted by Crippen LogP contribution is -2.53. The van der Waals surface area contributed by atoms with Gasteiger partial charge in [0.15, 0.2) is 6.29 Å². The molecule has 0 bridgehead atoms. The fraction of sp³-hybridized carbons (Fsp3) is 0.417. The van der Waals surface area contributed by atoms with E-state index in [0.29, 0.717) is 5.41 Å². The minimum Gasteiger partial charge on any atom is -0.370 e. The molecule has 2 nitrogen and oxygen atoms in total. The molecule has 0 atom stereocenters. The van der Waals surface area contributed by atoms with Crippen LogP contribution in [0, 0.1) is 5.41 Å². The molecule has 1 aromatic carbocycles. The average molecular weight is 268 g/mol. The van der Waals surface area contributed by atoms with E-state index in [-0.39, 0.29) is 0 Å². The Morgan fingerprint density at radius 1 is 1.40 bits per heavy atom. The molecule has 0 saturated carbocycles. The zero-order chi connectivity index (χ0) is 11.1. The largest absolute Gasteiger partial charge is 0.370 e. The Kier molecular flexibility index (Phi) is 2.59. The Morgan fingerprint density at radius 3 is 2.60 bits per heavy atom. The fourth-order valence-corrected chi connectivity index (χ4v) is 2.40. The van der Waals surface area contributed by atoms with Gasteiger partial charge in [-0.25, -0.2) is 0 Å². The van der Waals surface area contributed by atoms with Crippen LogP contribution in [-0.4, -0.2) is 19.4 Å². The van der Waals surface area contributed by atoms with Crippen molar-refractivity contribution >= 4 is 27.9 Å². The van der Waals surface area contributed by atoms with Crippen LogP contribution in [0.15, 0.2) is 22.7 Å². The number of halogens is 1. The molecule has 1 saturated heterocycles. The molecule has 0 N–H and O–H groups in total. The van der Waals surface area contributed by atoms with Gasteiger partial charge in [-0.15, -0.1) is 0 Å². The molecule has 1 aliphatic rings. The number of benzene rings is 1. The smallest absolute Gasteiger partial charge is 0.152 e. The predicted molar refractivity (Wildman–Crippen MR) is 65.5 cm³/mol. The summed E-state index contributed by atoms with van der Waals surface area (Å²) in [7, 11) is 0. The Morgan fingerprint density at radius 2 is 2.07 bits per heavy atom. The number of carbonyl (C=O) groups excluding carboxylic acids is 1. The minimum atomic E-state index is 0.377. The average Bonchev–Trinajstić information content (AvgIpc) is 2.14. The predicted octanol–water partition coefficient (Wildman–Crippen LogP) is 3.11. The van der Waals surface area contributed by atoms with Crippen molar-refractivity contribution in [2.24, 2.45) is 5.41 Å². The van der Waals surface area contributed by atoms with Crippen molar-refractivity contribution < 1.29 is 4.79 Å². The van der Waals surface area contributed by atoms with Gasteiger partial charge in [0.1, 0.15) is 0 Å². The van der Waals surface area contributed by atoms with Gasteiger partial charge in [-0.2, -0.15) is 0 Å². The van der Waals surface area contributed by atoms with Crippen LogP contribution in [-0.2, 0) is 0 Å². The van der Waals surface area contributed by atoms with Gasteiger partial charge in [0.2, 0.25) is 0 Å². The topological polar surface area (TPSA) is 20.3 Å². The number of nitrogens with zero attached hydrogens (tertiary/aromatic N) is 1. The molecule has 15 heavy (non-hydrogen) atoms. The monoisotopic (exact) mass is 267 g/mol. The number of aldehydes is 1. The summed E-state index contributed by atoms with van der Waals surface area (Å²) in [4.78, 5) is 13.1. The summed E-state index contributed by atoms with van der Waals surface area (Å²) in [6.45, 7) is 6.51. The summed E-state index contributed by atoms with van der Waals surface area (Å²) in [5.74, 6) is 0. The van der Waals surface area contributed by atoms with Crippen molar-refractivity contribution in [1.82, 2.24) is 0 Å². The fourth-order valence-electron chi connectivity index (χ4n) is 2.05. The van der Waals surface area contributed by atoms with Crippen LogP contribution in [0.2, 0.25) is 0 Å². The lowest BCUT2D eigenvalue weighted by Gasteiger charge is -2.47. The molecular weight excluding hydrogens is 254 g/mol. The minimum absolute atomic E-state index is 0.377. The Balaban J connectivity index is 2.28. The first kappa shape index (κ1) is 10.7. The number of hydrogen-bond donors (Lipinski definition) is 0. The number of anilines is 1.